The Labute approximate surface area is 358 Å². The second-order valence-electron chi connectivity index (χ2n) is 16.4. The fourth-order valence-electron chi connectivity index (χ4n) is 9.86. The van der Waals surface area contributed by atoms with Crippen LogP contribution in [-0.2, 0) is 5.41 Å². The number of rotatable bonds is 6. The van der Waals surface area contributed by atoms with Crippen molar-refractivity contribution >= 4 is 80.1 Å². The molecule has 0 saturated heterocycles. The molecule has 0 N–H and O–H groups in total. The lowest BCUT2D eigenvalue weighted by Crippen LogP contribution is -2.14. The Morgan fingerprint density at radius 2 is 0.983 bits per heavy atom. The molecule has 3 heteroatoms. The van der Waals surface area contributed by atoms with E-state index in [1.165, 1.54) is 102 Å². The first-order valence-corrected chi connectivity index (χ1v) is 22.3. The molecule has 0 spiro atoms. The molecule has 0 bridgehead atoms. The third-order valence-electron chi connectivity index (χ3n) is 12.7. The number of benzene rings is 9. The van der Waals surface area contributed by atoms with Crippen molar-refractivity contribution in [2.75, 3.05) is 4.90 Å². The highest BCUT2D eigenvalue weighted by atomic mass is 32.1. The zero-order chi connectivity index (χ0) is 40.0. The summed E-state index contributed by atoms with van der Waals surface area (Å²) in [6.07, 6.45) is 0. The van der Waals surface area contributed by atoms with E-state index in [4.69, 9.17) is 0 Å². The standard InChI is InChI=1S/C57H39NS2/c1-57(2)48-23-11-8-20-45(48)54-41(22-14-24-49(54)57)36-27-30-39(31-28-36)58(38-15-4-3-5-16-38)50-33-32-44(56-55(50)46-21-10-13-26-52(46)60-56)42-18-7-6-17-40(42)37-29-34-53-47(35-37)43-19-9-12-25-51(43)59-53/h3-35H,1-2H3. The highest BCUT2D eigenvalue weighted by Gasteiger charge is 2.36. The van der Waals surface area contributed by atoms with Gasteiger partial charge in [0.1, 0.15) is 0 Å². The van der Waals surface area contributed by atoms with Crippen LogP contribution in [0.4, 0.5) is 17.1 Å². The highest BCUT2D eigenvalue weighted by molar-refractivity contribution is 7.26. The van der Waals surface area contributed by atoms with E-state index < -0.39 is 0 Å². The Kier molecular flexibility index (Phi) is 8.00. The largest absolute Gasteiger partial charge is 0.310 e. The Morgan fingerprint density at radius 3 is 1.80 bits per heavy atom. The summed E-state index contributed by atoms with van der Waals surface area (Å²) in [5, 5.41) is 5.19. The van der Waals surface area contributed by atoms with E-state index in [2.05, 4.69) is 219 Å². The van der Waals surface area contributed by atoms with Crippen LogP contribution in [0.5, 0.6) is 0 Å². The third-order valence-corrected chi connectivity index (χ3v) is 15.1. The van der Waals surface area contributed by atoms with Crippen LogP contribution in [0.1, 0.15) is 25.0 Å². The molecule has 0 atom stereocenters. The van der Waals surface area contributed by atoms with Crippen LogP contribution in [0, 0.1) is 0 Å². The maximum Gasteiger partial charge on any atom is 0.0555 e. The van der Waals surface area contributed by atoms with E-state index in [-0.39, 0.29) is 5.41 Å². The lowest BCUT2D eigenvalue weighted by atomic mass is 9.82. The molecule has 60 heavy (non-hydrogen) atoms. The second kappa shape index (κ2) is 13.6. The Balaban J connectivity index is 1.03. The summed E-state index contributed by atoms with van der Waals surface area (Å²) in [5.41, 5.74) is 16.4. The van der Waals surface area contributed by atoms with Crippen LogP contribution in [0.15, 0.2) is 200 Å². The van der Waals surface area contributed by atoms with Crippen molar-refractivity contribution in [1.29, 1.82) is 0 Å². The fraction of sp³-hybridized carbons (Fsp3) is 0.0526. The van der Waals surface area contributed by atoms with Gasteiger partial charge < -0.3 is 4.90 Å². The summed E-state index contributed by atoms with van der Waals surface area (Å²) in [6, 6.07) is 74.2. The van der Waals surface area contributed by atoms with Crippen LogP contribution in [0.3, 0.4) is 0 Å². The normalized spacial score (nSPS) is 13.0. The predicted octanol–water partition coefficient (Wildman–Crippen LogP) is 17.2. The first-order valence-electron chi connectivity index (χ1n) is 20.7. The zero-order valence-corrected chi connectivity index (χ0v) is 34.9. The third kappa shape index (κ3) is 5.36. The number of fused-ring (bicyclic) bond motifs is 9. The maximum absolute atomic E-state index is 2.45. The van der Waals surface area contributed by atoms with Gasteiger partial charge in [0.25, 0.3) is 0 Å². The van der Waals surface area contributed by atoms with Crippen LogP contribution < -0.4 is 4.90 Å². The molecule has 0 saturated carbocycles. The summed E-state index contributed by atoms with van der Waals surface area (Å²) in [5.74, 6) is 0. The number of nitrogens with zero attached hydrogens (tertiary/aromatic N) is 1. The van der Waals surface area contributed by atoms with Crippen molar-refractivity contribution in [3.63, 3.8) is 0 Å². The SMILES string of the molecule is CC1(C)c2ccccc2-c2c(-c3ccc(N(c4ccccc4)c4ccc(-c5ccccc5-c5ccc6sc7ccccc7c6c5)c5sc6ccccc6c45)cc3)cccc21. The first kappa shape index (κ1) is 35.2. The van der Waals surface area contributed by atoms with Crippen molar-refractivity contribution in [1.82, 2.24) is 0 Å². The number of hydrogen-bond acceptors (Lipinski definition) is 3. The Morgan fingerprint density at radius 1 is 0.383 bits per heavy atom. The van der Waals surface area contributed by atoms with E-state index in [1.807, 2.05) is 22.7 Å². The molecule has 2 aromatic heterocycles. The van der Waals surface area contributed by atoms with E-state index in [0.29, 0.717) is 0 Å². The number of para-hydroxylation sites is 1. The molecule has 0 radical (unpaired) electrons. The van der Waals surface area contributed by atoms with Crippen LogP contribution in [0.25, 0.3) is 84.9 Å². The smallest absolute Gasteiger partial charge is 0.0555 e. The number of thiophene rings is 2. The lowest BCUT2D eigenvalue weighted by molar-refractivity contribution is 0.660. The van der Waals surface area contributed by atoms with Crippen LogP contribution >= 0.6 is 22.7 Å². The van der Waals surface area contributed by atoms with Gasteiger partial charge in [-0.05, 0) is 105 Å². The second-order valence-corrected chi connectivity index (χ2v) is 18.5. The minimum atomic E-state index is -0.0418. The van der Waals surface area contributed by atoms with E-state index >= 15 is 0 Å². The van der Waals surface area contributed by atoms with Gasteiger partial charge in [-0.15, -0.1) is 22.7 Å². The van der Waals surface area contributed by atoms with Gasteiger partial charge in [-0.3, -0.25) is 0 Å². The Hall–Kier alpha value is -6.78. The van der Waals surface area contributed by atoms with Crippen molar-refractivity contribution < 1.29 is 0 Å². The van der Waals surface area contributed by atoms with Gasteiger partial charge in [0.05, 0.1) is 5.69 Å². The molecule has 0 unspecified atom stereocenters. The summed E-state index contributed by atoms with van der Waals surface area (Å²) in [7, 11) is 0. The molecule has 12 rings (SSSR count). The summed E-state index contributed by atoms with van der Waals surface area (Å²) < 4.78 is 5.23. The van der Waals surface area contributed by atoms with Gasteiger partial charge >= 0.3 is 0 Å². The zero-order valence-electron chi connectivity index (χ0n) is 33.3. The van der Waals surface area contributed by atoms with Crippen LogP contribution in [0.2, 0.25) is 0 Å². The summed E-state index contributed by atoms with van der Waals surface area (Å²) in [4.78, 5) is 2.45. The van der Waals surface area contributed by atoms with Crippen molar-refractivity contribution in [2.24, 2.45) is 0 Å². The molecule has 1 nitrogen and oxygen atoms in total. The minimum Gasteiger partial charge on any atom is -0.310 e. The molecule has 284 valence electrons. The van der Waals surface area contributed by atoms with E-state index in [0.717, 1.165) is 11.4 Å². The highest BCUT2D eigenvalue weighted by Crippen LogP contribution is 2.53. The average Bonchev–Trinajstić information content (AvgIpc) is 3.95. The molecule has 9 aromatic carbocycles. The molecule has 1 aliphatic carbocycles. The molecule has 0 amide bonds. The summed E-state index contributed by atoms with van der Waals surface area (Å²) >= 11 is 3.76. The van der Waals surface area contributed by atoms with Gasteiger partial charge in [0.2, 0.25) is 0 Å². The quantitative estimate of drug-likeness (QED) is 0.162. The molecule has 2 heterocycles. The number of anilines is 3. The van der Waals surface area contributed by atoms with Crippen LogP contribution in [-0.4, -0.2) is 0 Å². The van der Waals surface area contributed by atoms with Gasteiger partial charge in [-0.25, -0.2) is 0 Å². The molecule has 1 aliphatic rings. The molecule has 0 fully saturated rings. The average molecular weight is 802 g/mol. The topological polar surface area (TPSA) is 3.24 Å². The van der Waals surface area contributed by atoms with Gasteiger partial charge in [0, 0.05) is 62.7 Å². The molecular formula is C57H39NS2. The van der Waals surface area contributed by atoms with E-state index in [9.17, 15) is 0 Å². The maximum atomic E-state index is 2.45. The minimum absolute atomic E-state index is 0.0418. The van der Waals surface area contributed by atoms with E-state index in [1.54, 1.807) is 0 Å². The van der Waals surface area contributed by atoms with Gasteiger partial charge in [0.15, 0.2) is 0 Å². The molecular weight excluding hydrogens is 763 g/mol. The van der Waals surface area contributed by atoms with Crippen molar-refractivity contribution in [3.8, 4) is 44.5 Å². The van der Waals surface area contributed by atoms with Crippen molar-refractivity contribution in [3.05, 3.63) is 211 Å². The first-order chi connectivity index (χ1) is 29.5. The fourth-order valence-corrected chi connectivity index (χ4v) is 12.2. The summed E-state index contributed by atoms with van der Waals surface area (Å²) in [6.45, 7) is 4.71. The lowest BCUT2D eigenvalue weighted by Gasteiger charge is -2.27. The molecule has 0 aliphatic heterocycles. The Bertz CT molecular complexity index is 3460. The predicted molar refractivity (Wildman–Crippen MR) is 261 cm³/mol. The molecule has 11 aromatic rings. The monoisotopic (exact) mass is 801 g/mol. The number of hydrogen-bond donors (Lipinski definition) is 0. The van der Waals surface area contributed by atoms with Gasteiger partial charge in [-0.2, -0.15) is 0 Å². The van der Waals surface area contributed by atoms with Crippen molar-refractivity contribution in [2.45, 2.75) is 19.3 Å². The van der Waals surface area contributed by atoms with Gasteiger partial charge in [-0.1, -0.05) is 159 Å².